The van der Waals surface area contributed by atoms with Crippen LogP contribution in [0.5, 0.6) is 11.5 Å². The molecule has 0 unspecified atom stereocenters. The third-order valence-electron chi connectivity index (χ3n) is 6.38. The number of fused-ring (bicyclic) bond motifs is 1. The smallest absolute Gasteiger partial charge is 0.407 e. The number of carbonyl (C=O) groups excluding carboxylic acids is 1. The first-order chi connectivity index (χ1) is 17.2. The van der Waals surface area contributed by atoms with Crippen molar-refractivity contribution in [2.24, 2.45) is 0 Å². The van der Waals surface area contributed by atoms with Crippen molar-refractivity contribution < 1.29 is 23.4 Å². The van der Waals surface area contributed by atoms with Crippen molar-refractivity contribution in [1.29, 1.82) is 0 Å². The van der Waals surface area contributed by atoms with Gasteiger partial charge in [-0.25, -0.2) is 9.18 Å². The standard InChI is InChI=1S/C27H28FN3O4/c28-22-7-9-23(10-8-22)30-12-14-31(15-13-30)24(21-6-11-25-26(16-21)35-19-34-25)17-29-27(32)33-18-20-4-2-1-3-5-20/h1-11,16,24H,12-15,17-19H2,(H,29,32)/t24-/m0/s1. The Morgan fingerprint density at radius 2 is 1.69 bits per heavy atom. The Kier molecular flexibility index (Phi) is 6.99. The Morgan fingerprint density at radius 3 is 2.46 bits per heavy atom. The topological polar surface area (TPSA) is 63.3 Å². The van der Waals surface area contributed by atoms with E-state index in [-0.39, 0.29) is 25.3 Å². The number of carbonyl (C=O) groups is 1. The molecule has 2 aliphatic heterocycles. The summed E-state index contributed by atoms with van der Waals surface area (Å²) in [7, 11) is 0. The maximum Gasteiger partial charge on any atom is 0.407 e. The minimum Gasteiger partial charge on any atom is -0.454 e. The number of nitrogens with one attached hydrogen (secondary N) is 1. The number of halogens is 1. The average Bonchev–Trinajstić information content (AvgIpc) is 3.37. The van der Waals surface area contributed by atoms with Gasteiger partial charge < -0.3 is 24.4 Å². The van der Waals surface area contributed by atoms with Crippen LogP contribution in [0, 0.1) is 5.82 Å². The van der Waals surface area contributed by atoms with Crippen LogP contribution < -0.4 is 19.7 Å². The second kappa shape index (κ2) is 10.7. The van der Waals surface area contributed by atoms with Crippen molar-refractivity contribution >= 4 is 11.8 Å². The first-order valence-electron chi connectivity index (χ1n) is 11.7. The zero-order valence-electron chi connectivity index (χ0n) is 19.4. The minimum atomic E-state index is -0.454. The van der Waals surface area contributed by atoms with E-state index >= 15 is 0 Å². The van der Waals surface area contributed by atoms with Crippen LogP contribution in [-0.2, 0) is 11.3 Å². The van der Waals surface area contributed by atoms with Crippen LogP contribution in [0.4, 0.5) is 14.9 Å². The molecule has 1 N–H and O–H groups in total. The van der Waals surface area contributed by atoms with E-state index in [1.807, 2.05) is 60.7 Å². The van der Waals surface area contributed by atoms with Gasteiger partial charge in [-0.15, -0.1) is 0 Å². The lowest BCUT2D eigenvalue weighted by Gasteiger charge is -2.40. The summed E-state index contributed by atoms with van der Waals surface area (Å²) >= 11 is 0. The summed E-state index contributed by atoms with van der Waals surface area (Å²) in [5, 5.41) is 2.94. The van der Waals surface area contributed by atoms with E-state index in [2.05, 4.69) is 15.1 Å². The van der Waals surface area contributed by atoms with Crippen LogP contribution in [0.15, 0.2) is 72.8 Å². The molecular weight excluding hydrogens is 449 g/mol. The van der Waals surface area contributed by atoms with E-state index in [0.717, 1.165) is 48.7 Å². The second-order valence-electron chi connectivity index (χ2n) is 8.57. The van der Waals surface area contributed by atoms with Gasteiger partial charge in [0.1, 0.15) is 12.4 Å². The summed E-state index contributed by atoms with van der Waals surface area (Å²) < 4.78 is 29.8. The molecule has 8 heteroatoms. The number of hydrogen-bond donors (Lipinski definition) is 1. The van der Waals surface area contributed by atoms with Crippen LogP contribution >= 0.6 is 0 Å². The summed E-state index contributed by atoms with van der Waals surface area (Å²) in [4.78, 5) is 17.0. The number of rotatable bonds is 7. The van der Waals surface area contributed by atoms with Crippen LogP contribution in [0.1, 0.15) is 17.2 Å². The Morgan fingerprint density at radius 1 is 0.943 bits per heavy atom. The highest BCUT2D eigenvalue weighted by Crippen LogP contribution is 2.35. The molecule has 0 bridgehead atoms. The monoisotopic (exact) mass is 477 g/mol. The quantitative estimate of drug-likeness (QED) is 0.546. The number of hydrogen-bond acceptors (Lipinski definition) is 6. The first kappa shape index (κ1) is 23.0. The molecule has 1 saturated heterocycles. The van der Waals surface area contributed by atoms with Gasteiger partial charge >= 0.3 is 6.09 Å². The second-order valence-corrected chi connectivity index (χ2v) is 8.57. The van der Waals surface area contributed by atoms with Crippen molar-refractivity contribution in [1.82, 2.24) is 10.2 Å². The summed E-state index contributed by atoms with van der Waals surface area (Å²) in [6.45, 7) is 4.00. The lowest BCUT2D eigenvalue weighted by Crippen LogP contribution is -2.50. The van der Waals surface area contributed by atoms with Crippen LogP contribution in [0.25, 0.3) is 0 Å². The molecule has 0 saturated carbocycles. The van der Waals surface area contributed by atoms with Gasteiger partial charge in [-0.3, -0.25) is 4.90 Å². The van der Waals surface area contributed by atoms with E-state index in [0.29, 0.717) is 12.3 Å². The van der Waals surface area contributed by atoms with E-state index < -0.39 is 6.09 Å². The molecule has 35 heavy (non-hydrogen) atoms. The predicted molar refractivity (Wildman–Crippen MR) is 130 cm³/mol. The fourth-order valence-corrected chi connectivity index (χ4v) is 4.48. The average molecular weight is 478 g/mol. The molecule has 2 aliphatic rings. The van der Waals surface area contributed by atoms with E-state index in [9.17, 15) is 9.18 Å². The molecule has 0 radical (unpaired) electrons. The summed E-state index contributed by atoms with van der Waals surface area (Å²) in [6.07, 6.45) is -0.454. The number of piperazine rings is 1. The number of ether oxygens (including phenoxy) is 3. The fraction of sp³-hybridized carbons (Fsp3) is 0.296. The molecule has 3 aromatic carbocycles. The van der Waals surface area contributed by atoms with E-state index in [1.165, 1.54) is 12.1 Å². The van der Waals surface area contributed by atoms with Gasteiger partial charge in [-0.2, -0.15) is 0 Å². The molecule has 2 heterocycles. The van der Waals surface area contributed by atoms with E-state index in [4.69, 9.17) is 14.2 Å². The zero-order chi connectivity index (χ0) is 24.0. The lowest BCUT2D eigenvalue weighted by molar-refractivity contribution is 0.130. The van der Waals surface area contributed by atoms with Crippen molar-refractivity contribution in [3.05, 3.63) is 89.7 Å². The maximum absolute atomic E-state index is 13.3. The van der Waals surface area contributed by atoms with Gasteiger partial charge in [0.25, 0.3) is 0 Å². The molecule has 0 spiro atoms. The Hall–Kier alpha value is -3.78. The van der Waals surface area contributed by atoms with E-state index in [1.54, 1.807) is 0 Å². The number of nitrogens with zero attached hydrogens (tertiary/aromatic N) is 2. The van der Waals surface area contributed by atoms with Crippen molar-refractivity contribution in [2.45, 2.75) is 12.6 Å². The van der Waals surface area contributed by atoms with Crippen molar-refractivity contribution in [3.8, 4) is 11.5 Å². The lowest BCUT2D eigenvalue weighted by atomic mass is 10.0. The molecule has 5 rings (SSSR count). The summed E-state index contributed by atoms with van der Waals surface area (Å²) in [5.41, 5.74) is 2.98. The van der Waals surface area contributed by atoms with Gasteiger partial charge in [0.2, 0.25) is 6.79 Å². The minimum absolute atomic E-state index is 0.0656. The molecule has 3 aromatic rings. The molecule has 0 aromatic heterocycles. The third-order valence-corrected chi connectivity index (χ3v) is 6.38. The molecule has 1 atom stereocenters. The first-order valence-corrected chi connectivity index (χ1v) is 11.7. The molecule has 182 valence electrons. The van der Waals surface area contributed by atoms with Crippen molar-refractivity contribution in [3.63, 3.8) is 0 Å². The number of amides is 1. The highest BCUT2D eigenvalue weighted by atomic mass is 19.1. The Balaban J connectivity index is 1.24. The van der Waals surface area contributed by atoms with Gasteiger partial charge in [0.15, 0.2) is 11.5 Å². The molecule has 1 fully saturated rings. The largest absolute Gasteiger partial charge is 0.454 e. The van der Waals surface area contributed by atoms with Gasteiger partial charge in [0, 0.05) is 38.4 Å². The number of anilines is 1. The number of alkyl carbamates (subject to hydrolysis) is 1. The maximum atomic E-state index is 13.3. The van der Waals surface area contributed by atoms with Crippen molar-refractivity contribution in [2.75, 3.05) is 44.4 Å². The highest BCUT2D eigenvalue weighted by molar-refractivity contribution is 5.67. The third kappa shape index (κ3) is 5.66. The summed E-state index contributed by atoms with van der Waals surface area (Å²) in [6, 6.07) is 22.0. The Labute approximate surface area is 204 Å². The van der Waals surface area contributed by atoms with Crippen LogP contribution in [0.2, 0.25) is 0 Å². The molecule has 1 amide bonds. The Bertz CT molecular complexity index is 1130. The van der Waals surface area contributed by atoms with Crippen LogP contribution in [0.3, 0.4) is 0 Å². The SMILES string of the molecule is O=C(NC[C@@H](c1ccc2c(c1)OCO2)N1CCN(c2ccc(F)cc2)CC1)OCc1ccccc1. The highest BCUT2D eigenvalue weighted by Gasteiger charge is 2.27. The van der Waals surface area contributed by atoms with Gasteiger partial charge in [0.05, 0.1) is 6.04 Å². The number of benzene rings is 3. The van der Waals surface area contributed by atoms with Crippen LogP contribution in [-0.4, -0.2) is 50.5 Å². The van der Waals surface area contributed by atoms with Gasteiger partial charge in [-0.1, -0.05) is 36.4 Å². The fourth-order valence-electron chi connectivity index (χ4n) is 4.48. The molecule has 0 aliphatic carbocycles. The molecule has 7 nitrogen and oxygen atoms in total. The molecular formula is C27H28FN3O4. The predicted octanol–water partition coefficient (Wildman–Crippen LogP) is 4.34. The zero-order valence-corrected chi connectivity index (χ0v) is 19.4. The van der Waals surface area contributed by atoms with Gasteiger partial charge in [-0.05, 0) is 47.5 Å². The normalized spacial score (nSPS) is 16.1. The summed E-state index contributed by atoms with van der Waals surface area (Å²) in [5.74, 6) is 1.20.